The number of halogens is 4. The van der Waals surface area contributed by atoms with E-state index in [1.165, 1.54) is 11.4 Å². The van der Waals surface area contributed by atoms with Gasteiger partial charge in [0.1, 0.15) is 11.6 Å². The average molecular weight is 352 g/mol. The predicted molar refractivity (Wildman–Crippen MR) is 81.8 cm³/mol. The van der Waals surface area contributed by atoms with Gasteiger partial charge >= 0.3 is 0 Å². The second kappa shape index (κ2) is 6.40. The van der Waals surface area contributed by atoms with E-state index in [0.29, 0.717) is 17.3 Å². The SMILES string of the molecule is O=C(Nc1nc(-c2ccc(F)c(F)c2)cs1)c1cc(F)cc(F)c1. The van der Waals surface area contributed by atoms with Gasteiger partial charge in [-0.15, -0.1) is 11.3 Å². The number of nitrogens with one attached hydrogen (secondary N) is 1. The van der Waals surface area contributed by atoms with E-state index >= 15 is 0 Å². The number of thiazole rings is 1. The van der Waals surface area contributed by atoms with Crippen LogP contribution in [0.5, 0.6) is 0 Å². The molecule has 0 unspecified atom stereocenters. The van der Waals surface area contributed by atoms with Crippen molar-refractivity contribution >= 4 is 22.4 Å². The normalized spacial score (nSPS) is 10.7. The molecule has 0 saturated heterocycles. The van der Waals surface area contributed by atoms with Crippen molar-refractivity contribution in [3.8, 4) is 11.3 Å². The van der Waals surface area contributed by atoms with Crippen LogP contribution in [0.25, 0.3) is 11.3 Å². The Hall–Kier alpha value is -2.74. The molecular weight excluding hydrogens is 344 g/mol. The first-order chi connectivity index (χ1) is 11.4. The third kappa shape index (κ3) is 3.43. The van der Waals surface area contributed by atoms with Crippen molar-refractivity contribution in [1.29, 1.82) is 0 Å². The molecule has 1 amide bonds. The average Bonchev–Trinajstić information content (AvgIpc) is 2.97. The van der Waals surface area contributed by atoms with Crippen LogP contribution in [0.1, 0.15) is 10.4 Å². The fourth-order valence-corrected chi connectivity index (χ4v) is 2.69. The Morgan fingerprint density at radius 3 is 2.33 bits per heavy atom. The highest BCUT2D eigenvalue weighted by atomic mass is 32.1. The summed E-state index contributed by atoms with van der Waals surface area (Å²) in [6.45, 7) is 0. The van der Waals surface area contributed by atoms with Gasteiger partial charge in [0.25, 0.3) is 5.91 Å². The number of hydrogen-bond acceptors (Lipinski definition) is 3. The van der Waals surface area contributed by atoms with Crippen molar-refractivity contribution in [2.24, 2.45) is 0 Å². The Bertz CT molecular complexity index is 906. The van der Waals surface area contributed by atoms with E-state index in [-0.39, 0.29) is 10.7 Å². The van der Waals surface area contributed by atoms with Crippen LogP contribution in [0.15, 0.2) is 41.8 Å². The van der Waals surface area contributed by atoms with Crippen molar-refractivity contribution in [3.63, 3.8) is 0 Å². The molecule has 0 saturated carbocycles. The van der Waals surface area contributed by atoms with Gasteiger partial charge in [-0.2, -0.15) is 0 Å². The minimum absolute atomic E-state index is 0.157. The third-order valence-electron chi connectivity index (χ3n) is 3.06. The molecule has 0 aliphatic rings. The molecule has 0 aliphatic carbocycles. The van der Waals surface area contributed by atoms with Crippen molar-refractivity contribution in [2.45, 2.75) is 0 Å². The zero-order chi connectivity index (χ0) is 17.3. The largest absolute Gasteiger partial charge is 0.298 e. The first-order valence-corrected chi connectivity index (χ1v) is 7.49. The smallest absolute Gasteiger partial charge is 0.257 e. The molecule has 0 spiro atoms. The summed E-state index contributed by atoms with van der Waals surface area (Å²) in [5.41, 5.74) is 0.471. The first-order valence-electron chi connectivity index (χ1n) is 6.61. The molecule has 3 aromatic rings. The number of carbonyl (C=O) groups excluding carboxylic acids is 1. The second-order valence-corrected chi connectivity index (χ2v) is 5.64. The van der Waals surface area contributed by atoms with Gasteiger partial charge in [-0.25, -0.2) is 22.5 Å². The number of benzene rings is 2. The number of aromatic nitrogens is 1. The summed E-state index contributed by atoms with van der Waals surface area (Å²) in [7, 11) is 0. The molecule has 3 nitrogen and oxygen atoms in total. The van der Waals surface area contributed by atoms with E-state index in [1.54, 1.807) is 0 Å². The van der Waals surface area contributed by atoms with Crippen molar-refractivity contribution in [3.05, 3.63) is 70.6 Å². The van der Waals surface area contributed by atoms with Crippen LogP contribution >= 0.6 is 11.3 Å². The molecule has 1 heterocycles. The summed E-state index contributed by atoms with van der Waals surface area (Å²) < 4.78 is 52.4. The highest BCUT2D eigenvalue weighted by Gasteiger charge is 2.13. The van der Waals surface area contributed by atoms with Gasteiger partial charge in [0.2, 0.25) is 0 Å². The summed E-state index contributed by atoms with van der Waals surface area (Å²) >= 11 is 1.04. The van der Waals surface area contributed by atoms with E-state index in [2.05, 4.69) is 10.3 Å². The number of hydrogen-bond donors (Lipinski definition) is 1. The van der Waals surface area contributed by atoms with E-state index in [4.69, 9.17) is 0 Å². The van der Waals surface area contributed by atoms with Crippen molar-refractivity contribution in [1.82, 2.24) is 4.98 Å². The number of anilines is 1. The molecule has 1 aromatic heterocycles. The topological polar surface area (TPSA) is 42.0 Å². The molecule has 2 aromatic carbocycles. The summed E-state index contributed by atoms with van der Waals surface area (Å²) in [6.07, 6.45) is 0. The fraction of sp³-hybridized carbons (Fsp3) is 0. The van der Waals surface area contributed by atoms with Gasteiger partial charge in [-0.05, 0) is 30.3 Å². The van der Waals surface area contributed by atoms with E-state index in [0.717, 1.165) is 35.6 Å². The molecule has 0 radical (unpaired) electrons. The second-order valence-electron chi connectivity index (χ2n) is 4.78. The molecule has 3 rings (SSSR count). The third-order valence-corrected chi connectivity index (χ3v) is 3.82. The zero-order valence-corrected chi connectivity index (χ0v) is 12.6. The number of nitrogens with zero attached hydrogens (tertiary/aromatic N) is 1. The number of rotatable bonds is 3. The maximum Gasteiger partial charge on any atom is 0.257 e. The first kappa shape index (κ1) is 16.1. The summed E-state index contributed by atoms with van der Waals surface area (Å²) in [5.74, 6) is -4.47. The highest BCUT2D eigenvalue weighted by molar-refractivity contribution is 7.14. The van der Waals surface area contributed by atoms with Crippen LogP contribution in [0.4, 0.5) is 22.7 Å². The molecule has 24 heavy (non-hydrogen) atoms. The Kier molecular flexibility index (Phi) is 4.30. The summed E-state index contributed by atoms with van der Waals surface area (Å²) in [6, 6.07) is 5.74. The standard InChI is InChI=1S/C16H8F4N2OS/c17-10-3-9(4-11(18)6-10)15(23)22-16-21-14(7-24-16)8-1-2-12(19)13(20)5-8/h1-7H,(H,21,22,23). The van der Waals surface area contributed by atoms with Gasteiger partial charge in [0.05, 0.1) is 5.69 Å². The number of carbonyl (C=O) groups is 1. The minimum Gasteiger partial charge on any atom is -0.298 e. The molecule has 0 fully saturated rings. The van der Waals surface area contributed by atoms with E-state index in [9.17, 15) is 22.4 Å². The van der Waals surface area contributed by atoms with Crippen LogP contribution in [-0.2, 0) is 0 Å². The van der Waals surface area contributed by atoms with Gasteiger partial charge < -0.3 is 0 Å². The van der Waals surface area contributed by atoms with Crippen molar-refractivity contribution in [2.75, 3.05) is 5.32 Å². The Balaban J connectivity index is 1.80. The lowest BCUT2D eigenvalue weighted by molar-refractivity contribution is 0.102. The van der Waals surface area contributed by atoms with Gasteiger partial charge in [0.15, 0.2) is 16.8 Å². The molecular formula is C16H8F4N2OS. The number of amides is 1. The summed E-state index contributed by atoms with van der Waals surface area (Å²) in [4.78, 5) is 16.0. The molecule has 122 valence electrons. The quantitative estimate of drug-likeness (QED) is 0.699. The van der Waals surface area contributed by atoms with E-state index in [1.807, 2.05) is 0 Å². The lowest BCUT2D eigenvalue weighted by Crippen LogP contribution is -2.12. The minimum atomic E-state index is -1.01. The van der Waals surface area contributed by atoms with Crippen LogP contribution in [-0.4, -0.2) is 10.9 Å². The maximum absolute atomic E-state index is 13.2. The molecule has 0 atom stereocenters. The Morgan fingerprint density at radius 2 is 1.67 bits per heavy atom. The predicted octanol–water partition coefficient (Wildman–Crippen LogP) is 4.62. The zero-order valence-electron chi connectivity index (χ0n) is 11.8. The van der Waals surface area contributed by atoms with Gasteiger partial charge in [0, 0.05) is 22.6 Å². The Labute approximate surface area is 137 Å². The fourth-order valence-electron chi connectivity index (χ4n) is 1.97. The van der Waals surface area contributed by atoms with Gasteiger partial charge in [-0.3, -0.25) is 10.1 Å². The van der Waals surface area contributed by atoms with Crippen LogP contribution in [0.3, 0.4) is 0 Å². The molecule has 0 bridgehead atoms. The maximum atomic E-state index is 13.2. The lowest BCUT2D eigenvalue weighted by atomic mass is 10.2. The lowest BCUT2D eigenvalue weighted by Gasteiger charge is -2.02. The van der Waals surface area contributed by atoms with Crippen molar-refractivity contribution < 1.29 is 22.4 Å². The van der Waals surface area contributed by atoms with Crippen LogP contribution in [0, 0.1) is 23.3 Å². The molecule has 1 N–H and O–H groups in total. The molecule has 8 heteroatoms. The monoisotopic (exact) mass is 352 g/mol. The highest BCUT2D eigenvalue weighted by Crippen LogP contribution is 2.26. The Morgan fingerprint density at radius 1 is 0.958 bits per heavy atom. The van der Waals surface area contributed by atoms with Gasteiger partial charge in [-0.1, -0.05) is 0 Å². The van der Waals surface area contributed by atoms with Crippen LogP contribution in [0.2, 0.25) is 0 Å². The van der Waals surface area contributed by atoms with Crippen LogP contribution < -0.4 is 5.32 Å². The van der Waals surface area contributed by atoms with E-state index < -0.39 is 29.2 Å². The summed E-state index contributed by atoms with van der Waals surface area (Å²) in [5, 5.41) is 4.09. The molecule has 0 aliphatic heterocycles.